The van der Waals surface area contributed by atoms with Gasteiger partial charge in [-0.1, -0.05) is 29.8 Å². The fourth-order valence-electron chi connectivity index (χ4n) is 3.25. The molecule has 2 amide bonds. The van der Waals surface area contributed by atoms with Crippen molar-refractivity contribution in [2.24, 2.45) is 5.73 Å². The molecule has 1 aliphatic rings. The van der Waals surface area contributed by atoms with Gasteiger partial charge in [0, 0.05) is 23.0 Å². The van der Waals surface area contributed by atoms with E-state index in [4.69, 9.17) is 22.1 Å². The summed E-state index contributed by atoms with van der Waals surface area (Å²) in [5.74, 6) is 0.360. The Labute approximate surface area is 166 Å². The summed E-state index contributed by atoms with van der Waals surface area (Å²) in [4.78, 5) is 27.7. The van der Waals surface area contributed by atoms with Crippen molar-refractivity contribution >= 4 is 29.2 Å². The van der Waals surface area contributed by atoms with Crippen LogP contribution in [0.1, 0.15) is 23.6 Å². The van der Waals surface area contributed by atoms with E-state index in [1.54, 1.807) is 24.5 Å². The lowest BCUT2D eigenvalue weighted by Gasteiger charge is -2.23. The van der Waals surface area contributed by atoms with Crippen LogP contribution in [0.3, 0.4) is 0 Å². The Morgan fingerprint density at radius 2 is 2.07 bits per heavy atom. The first-order valence-electron chi connectivity index (χ1n) is 8.65. The number of hydrogen-bond acceptors (Lipinski definition) is 4. The van der Waals surface area contributed by atoms with Crippen molar-refractivity contribution in [3.05, 3.63) is 71.1 Å². The van der Waals surface area contributed by atoms with Gasteiger partial charge in [0.15, 0.2) is 6.61 Å². The maximum Gasteiger partial charge on any atom is 0.255 e. The standard InChI is InChI=1S/C20H17ClN4O3/c21-13-2-1-3-14(8-13)25-11-23-19-16(9-18(27)24-20(19)25)12-4-6-15(7-5-12)28-10-17(22)26/h1-8,11,16H,9-10H2,(H2,22,26)(H,24,27)/t16-/m1/s1. The van der Waals surface area contributed by atoms with Gasteiger partial charge in [-0.2, -0.15) is 0 Å². The Hall–Kier alpha value is -3.32. The van der Waals surface area contributed by atoms with Gasteiger partial charge < -0.3 is 15.8 Å². The Kier molecular flexibility index (Phi) is 4.75. The highest BCUT2D eigenvalue weighted by Crippen LogP contribution is 2.37. The molecule has 142 valence electrons. The van der Waals surface area contributed by atoms with E-state index in [1.807, 2.05) is 34.9 Å². The number of primary amides is 1. The zero-order chi connectivity index (χ0) is 19.7. The van der Waals surface area contributed by atoms with Crippen molar-refractivity contribution in [1.29, 1.82) is 0 Å². The van der Waals surface area contributed by atoms with Gasteiger partial charge in [0.1, 0.15) is 17.9 Å². The van der Waals surface area contributed by atoms with Crippen molar-refractivity contribution in [2.45, 2.75) is 12.3 Å². The van der Waals surface area contributed by atoms with Crippen molar-refractivity contribution in [3.63, 3.8) is 0 Å². The molecule has 2 heterocycles. The van der Waals surface area contributed by atoms with Gasteiger partial charge in [-0.15, -0.1) is 0 Å². The van der Waals surface area contributed by atoms with E-state index in [9.17, 15) is 9.59 Å². The minimum Gasteiger partial charge on any atom is -0.484 e. The number of aromatic nitrogens is 2. The van der Waals surface area contributed by atoms with Crippen LogP contribution < -0.4 is 15.8 Å². The van der Waals surface area contributed by atoms with E-state index in [1.165, 1.54) is 0 Å². The van der Waals surface area contributed by atoms with E-state index >= 15 is 0 Å². The van der Waals surface area contributed by atoms with Gasteiger partial charge in [-0.05, 0) is 35.9 Å². The molecule has 0 spiro atoms. The van der Waals surface area contributed by atoms with Crippen molar-refractivity contribution in [1.82, 2.24) is 9.55 Å². The average molecular weight is 397 g/mol. The summed E-state index contributed by atoms with van der Waals surface area (Å²) in [6.07, 6.45) is 1.97. The highest BCUT2D eigenvalue weighted by molar-refractivity contribution is 6.30. The summed E-state index contributed by atoms with van der Waals surface area (Å²) in [6.45, 7) is -0.181. The smallest absolute Gasteiger partial charge is 0.255 e. The first-order chi connectivity index (χ1) is 13.5. The second-order valence-corrected chi connectivity index (χ2v) is 6.89. The van der Waals surface area contributed by atoms with Crippen LogP contribution in [0.25, 0.3) is 5.69 Å². The molecule has 8 heteroatoms. The summed E-state index contributed by atoms with van der Waals surface area (Å²) in [7, 11) is 0. The fourth-order valence-corrected chi connectivity index (χ4v) is 3.44. The largest absolute Gasteiger partial charge is 0.484 e. The number of ether oxygens (including phenoxy) is 1. The van der Waals surface area contributed by atoms with Gasteiger partial charge in [0.2, 0.25) is 5.91 Å². The number of carbonyl (C=O) groups is 2. The minimum atomic E-state index is -0.538. The Balaban J connectivity index is 1.66. The van der Waals surface area contributed by atoms with E-state index < -0.39 is 5.91 Å². The lowest BCUT2D eigenvalue weighted by Crippen LogP contribution is -2.25. The Bertz CT molecular complexity index is 1050. The first kappa shape index (κ1) is 18.1. The summed E-state index contributed by atoms with van der Waals surface area (Å²) in [5.41, 5.74) is 7.62. The lowest BCUT2D eigenvalue weighted by molar-refractivity contribution is -0.120. The number of rotatable bonds is 5. The molecular formula is C20H17ClN4O3. The zero-order valence-corrected chi connectivity index (χ0v) is 15.5. The lowest BCUT2D eigenvalue weighted by atomic mass is 9.90. The van der Waals surface area contributed by atoms with Crippen LogP contribution in [-0.2, 0) is 9.59 Å². The predicted molar refractivity (Wildman–Crippen MR) is 105 cm³/mol. The Morgan fingerprint density at radius 1 is 1.29 bits per heavy atom. The number of benzene rings is 2. The third-order valence-corrected chi connectivity index (χ3v) is 4.76. The SMILES string of the molecule is NC(=O)COc1ccc([C@H]2CC(=O)Nc3c2ncn3-c2cccc(Cl)c2)cc1. The Morgan fingerprint density at radius 3 is 2.79 bits per heavy atom. The molecule has 7 nitrogen and oxygen atoms in total. The molecule has 28 heavy (non-hydrogen) atoms. The van der Waals surface area contributed by atoms with Crippen LogP contribution in [0.15, 0.2) is 54.9 Å². The van der Waals surface area contributed by atoms with Crippen molar-refractivity contribution in [3.8, 4) is 11.4 Å². The molecule has 2 aromatic carbocycles. The summed E-state index contributed by atoms with van der Waals surface area (Å²) in [5, 5.41) is 3.51. The highest BCUT2D eigenvalue weighted by Gasteiger charge is 2.31. The summed E-state index contributed by atoms with van der Waals surface area (Å²) >= 11 is 6.10. The van der Waals surface area contributed by atoms with Crippen LogP contribution in [0.2, 0.25) is 5.02 Å². The molecule has 0 unspecified atom stereocenters. The molecule has 0 fully saturated rings. The van der Waals surface area contributed by atoms with Gasteiger partial charge >= 0.3 is 0 Å². The molecule has 1 atom stereocenters. The number of imidazole rings is 1. The third-order valence-electron chi connectivity index (χ3n) is 4.52. The number of anilines is 1. The molecule has 0 saturated heterocycles. The van der Waals surface area contributed by atoms with E-state index in [-0.39, 0.29) is 18.4 Å². The van der Waals surface area contributed by atoms with Crippen LogP contribution in [0.4, 0.5) is 5.82 Å². The van der Waals surface area contributed by atoms with Crippen LogP contribution in [-0.4, -0.2) is 28.0 Å². The molecule has 0 bridgehead atoms. The maximum absolute atomic E-state index is 12.3. The highest BCUT2D eigenvalue weighted by atomic mass is 35.5. The number of halogens is 1. The third kappa shape index (κ3) is 3.57. The average Bonchev–Trinajstić information content (AvgIpc) is 3.10. The number of nitrogens with two attached hydrogens (primary N) is 1. The van der Waals surface area contributed by atoms with Gasteiger partial charge in [0.05, 0.1) is 5.69 Å². The fraction of sp³-hybridized carbons (Fsp3) is 0.150. The first-order valence-corrected chi connectivity index (χ1v) is 9.03. The molecule has 3 N–H and O–H groups in total. The number of fused-ring (bicyclic) bond motifs is 1. The summed E-state index contributed by atoms with van der Waals surface area (Å²) in [6, 6.07) is 14.6. The van der Waals surface area contributed by atoms with E-state index in [0.29, 0.717) is 23.0 Å². The molecule has 1 aliphatic heterocycles. The maximum atomic E-state index is 12.3. The van der Waals surface area contributed by atoms with E-state index in [0.717, 1.165) is 16.9 Å². The monoisotopic (exact) mass is 396 g/mol. The van der Waals surface area contributed by atoms with E-state index in [2.05, 4.69) is 10.3 Å². The number of nitrogens with one attached hydrogen (secondary N) is 1. The quantitative estimate of drug-likeness (QED) is 0.692. The second kappa shape index (κ2) is 7.36. The minimum absolute atomic E-state index is 0.0877. The van der Waals surface area contributed by atoms with Crippen LogP contribution >= 0.6 is 11.6 Å². The topological polar surface area (TPSA) is 99.2 Å². The second-order valence-electron chi connectivity index (χ2n) is 6.46. The summed E-state index contributed by atoms with van der Waals surface area (Å²) < 4.78 is 7.10. The number of amides is 2. The molecule has 4 rings (SSSR count). The van der Waals surface area contributed by atoms with Crippen LogP contribution in [0.5, 0.6) is 5.75 Å². The zero-order valence-electron chi connectivity index (χ0n) is 14.8. The number of hydrogen-bond donors (Lipinski definition) is 2. The molecule has 1 aromatic heterocycles. The van der Waals surface area contributed by atoms with Crippen molar-refractivity contribution < 1.29 is 14.3 Å². The molecule has 3 aromatic rings. The molecule has 0 aliphatic carbocycles. The molecule has 0 radical (unpaired) electrons. The normalized spacial score (nSPS) is 15.6. The van der Waals surface area contributed by atoms with Crippen LogP contribution in [0, 0.1) is 0 Å². The van der Waals surface area contributed by atoms with Gasteiger partial charge in [0.25, 0.3) is 5.91 Å². The van der Waals surface area contributed by atoms with Gasteiger partial charge in [-0.25, -0.2) is 4.98 Å². The number of carbonyl (C=O) groups excluding carboxylic acids is 2. The number of nitrogens with zero attached hydrogens (tertiary/aromatic N) is 2. The van der Waals surface area contributed by atoms with Gasteiger partial charge in [-0.3, -0.25) is 14.2 Å². The molecular weight excluding hydrogens is 380 g/mol. The predicted octanol–water partition coefficient (Wildman–Crippen LogP) is 2.86. The van der Waals surface area contributed by atoms with Crippen molar-refractivity contribution in [2.75, 3.05) is 11.9 Å². The molecule has 0 saturated carbocycles.